The fourth-order valence-electron chi connectivity index (χ4n) is 1.58. The summed E-state index contributed by atoms with van der Waals surface area (Å²) in [7, 11) is 1.63. The van der Waals surface area contributed by atoms with Crippen molar-refractivity contribution < 1.29 is 24.3 Å². The number of hydrogen-bond donors (Lipinski definition) is 2. The second-order valence-corrected chi connectivity index (χ2v) is 3.74. The molecule has 0 spiro atoms. The van der Waals surface area contributed by atoms with E-state index in [2.05, 4.69) is 0 Å². The van der Waals surface area contributed by atoms with Crippen LogP contribution >= 0.6 is 0 Å². The second kappa shape index (κ2) is 3.33. The van der Waals surface area contributed by atoms with E-state index in [-0.39, 0.29) is 10.4 Å². The Morgan fingerprint density at radius 1 is 1.23 bits per heavy atom. The molecule has 0 aromatic heterocycles. The molecule has 74 valence electrons. The summed E-state index contributed by atoms with van der Waals surface area (Å²) in [5.74, 6) is -1.16. The minimum absolute atomic E-state index is 0.0518. The predicted octanol–water partition coefficient (Wildman–Crippen LogP) is 0.606. The van der Waals surface area contributed by atoms with Gasteiger partial charge in [0.05, 0.1) is 26.1 Å². The standard InChI is InChI=1S/C8H13NO4/c1-9(8(12)13)4-2-6(3-5-9)7(10)11/h6H,2-5H2,1H3,(H-,10,11,12,13)/p+1. The Morgan fingerprint density at radius 2 is 1.69 bits per heavy atom. The SMILES string of the molecule is C[N+]1(C(=O)O)CCC(C(=O)O)CC1. The van der Waals surface area contributed by atoms with Crippen molar-refractivity contribution in [3.8, 4) is 0 Å². The number of likely N-dealkylation sites (tertiary alicyclic amines) is 1. The number of quaternary nitrogens is 1. The summed E-state index contributed by atoms with van der Waals surface area (Å²) >= 11 is 0. The molecule has 1 aliphatic heterocycles. The topological polar surface area (TPSA) is 74.6 Å². The number of hydrogen-bond acceptors (Lipinski definition) is 2. The van der Waals surface area contributed by atoms with Crippen LogP contribution in [0.5, 0.6) is 0 Å². The van der Waals surface area contributed by atoms with Crippen LogP contribution in [0.2, 0.25) is 0 Å². The molecule has 0 aromatic carbocycles. The molecule has 0 radical (unpaired) electrons. The highest BCUT2D eigenvalue weighted by Crippen LogP contribution is 2.22. The van der Waals surface area contributed by atoms with Gasteiger partial charge in [-0.2, -0.15) is 4.79 Å². The van der Waals surface area contributed by atoms with Gasteiger partial charge in [-0.15, -0.1) is 0 Å². The Hall–Kier alpha value is -1.10. The van der Waals surface area contributed by atoms with E-state index in [1.165, 1.54) is 0 Å². The van der Waals surface area contributed by atoms with E-state index in [0.717, 1.165) is 0 Å². The molecular formula is C8H14NO4+. The number of carboxylic acid groups (broad SMARTS) is 2. The quantitative estimate of drug-likeness (QED) is 0.591. The van der Waals surface area contributed by atoms with Crippen LogP contribution < -0.4 is 0 Å². The first-order chi connectivity index (χ1) is 5.96. The van der Waals surface area contributed by atoms with Crippen molar-refractivity contribution in [2.24, 2.45) is 5.92 Å². The molecule has 0 bridgehead atoms. The van der Waals surface area contributed by atoms with Crippen LogP contribution in [0.1, 0.15) is 12.8 Å². The maximum atomic E-state index is 10.8. The zero-order chi connectivity index (χ0) is 10.1. The highest BCUT2D eigenvalue weighted by Gasteiger charge is 2.38. The van der Waals surface area contributed by atoms with Crippen molar-refractivity contribution in [1.29, 1.82) is 0 Å². The average molecular weight is 188 g/mol. The monoisotopic (exact) mass is 188 g/mol. The van der Waals surface area contributed by atoms with Gasteiger partial charge in [0.2, 0.25) is 0 Å². The summed E-state index contributed by atoms with van der Waals surface area (Å²) in [6, 6.07) is 0. The molecule has 0 aromatic rings. The van der Waals surface area contributed by atoms with Gasteiger partial charge in [-0.3, -0.25) is 4.79 Å². The third-order valence-electron chi connectivity index (χ3n) is 2.75. The van der Waals surface area contributed by atoms with Gasteiger partial charge in [0.25, 0.3) is 0 Å². The lowest BCUT2D eigenvalue weighted by atomic mass is 9.96. The second-order valence-electron chi connectivity index (χ2n) is 3.74. The fourth-order valence-corrected chi connectivity index (χ4v) is 1.58. The van der Waals surface area contributed by atoms with E-state index in [0.29, 0.717) is 25.9 Å². The Balaban J connectivity index is 2.56. The number of nitrogens with zero attached hydrogens (tertiary/aromatic N) is 1. The van der Waals surface area contributed by atoms with Crippen molar-refractivity contribution in [3.63, 3.8) is 0 Å². The first kappa shape index (κ1) is 9.98. The van der Waals surface area contributed by atoms with Crippen molar-refractivity contribution in [2.45, 2.75) is 12.8 Å². The first-order valence-corrected chi connectivity index (χ1v) is 4.26. The van der Waals surface area contributed by atoms with E-state index in [1.54, 1.807) is 7.05 Å². The number of carbonyl (C=O) groups is 2. The summed E-state index contributed by atoms with van der Waals surface area (Å²) in [5, 5.41) is 17.5. The van der Waals surface area contributed by atoms with E-state index < -0.39 is 12.1 Å². The molecule has 1 amide bonds. The lowest BCUT2D eigenvalue weighted by molar-refractivity contribution is -0.843. The van der Waals surface area contributed by atoms with Crippen molar-refractivity contribution in [3.05, 3.63) is 0 Å². The Bertz CT molecular complexity index is 230. The van der Waals surface area contributed by atoms with Gasteiger partial charge in [-0.1, -0.05) is 0 Å². The maximum absolute atomic E-state index is 10.8. The molecule has 13 heavy (non-hydrogen) atoms. The molecule has 1 rings (SSSR count). The number of amides is 1. The van der Waals surface area contributed by atoms with Crippen LogP contribution in [0.3, 0.4) is 0 Å². The van der Waals surface area contributed by atoms with Crippen LogP contribution in [-0.2, 0) is 4.79 Å². The van der Waals surface area contributed by atoms with Gasteiger partial charge < -0.3 is 10.2 Å². The zero-order valence-electron chi connectivity index (χ0n) is 7.56. The minimum atomic E-state index is -0.871. The molecule has 5 nitrogen and oxygen atoms in total. The average Bonchev–Trinajstić information content (AvgIpc) is 2.04. The number of carboxylic acids is 1. The molecule has 5 heteroatoms. The van der Waals surface area contributed by atoms with Gasteiger partial charge >= 0.3 is 12.1 Å². The van der Waals surface area contributed by atoms with Gasteiger partial charge in [-0.25, -0.2) is 4.48 Å². The maximum Gasteiger partial charge on any atom is 0.513 e. The highest BCUT2D eigenvalue weighted by atomic mass is 16.4. The van der Waals surface area contributed by atoms with Crippen molar-refractivity contribution in [2.75, 3.05) is 20.1 Å². The van der Waals surface area contributed by atoms with Crippen LogP contribution in [-0.4, -0.2) is 46.9 Å². The number of piperidine rings is 1. The summed E-state index contributed by atoms with van der Waals surface area (Å²) < 4.78 is -0.0518. The number of aliphatic carboxylic acids is 1. The largest absolute Gasteiger partial charge is 0.513 e. The van der Waals surface area contributed by atoms with Crippen LogP contribution in [0.15, 0.2) is 0 Å². The molecule has 1 saturated heterocycles. The van der Waals surface area contributed by atoms with E-state index >= 15 is 0 Å². The van der Waals surface area contributed by atoms with Gasteiger partial charge in [0, 0.05) is 12.8 Å². The first-order valence-electron chi connectivity index (χ1n) is 4.26. The minimum Gasteiger partial charge on any atom is -0.481 e. The summed E-state index contributed by atoms with van der Waals surface area (Å²) in [6.07, 6.45) is 0.0415. The molecule has 1 aliphatic rings. The van der Waals surface area contributed by atoms with Crippen molar-refractivity contribution >= 4 is 12.1 Å². The van der Waals surface area contributed by atoms with Gasteiger partial charge in [0.15, 0.2) is 0 Å². The smallest absolute Gasteiger partial charge is 0.481 e. The Labute approximate surface area is 76.2 Å². The van der Waals surface area contributed by atoms with Gasteiger partial charge in [0.1, 0.15) is 0 Å². The summed E-state index contributed by atoms with van der Waals surface area (Å²) in [5.41, 5.74) is 0. The molecule has 0 aliphatic carbocycles. The summed E-state index contributed by atoms with van der Waals surface area (Å²) in [4.78, 5) is 21.4. The molecule has 0 saturated carbocycles. The molecule has 1 heterocycles. The fraction of sp³-hybridized carbons (Fsp3) is 0.750. The van der Waals surface area contributed by atoms with E-state index in [1.807, 2.05) is 0 Å². The normalized spacial score (nSPS) is 34.1. The summed E-state index contributed by atoms with van der Waals surface area (Å²) in [6.45, 7) is 0.818. The lowest BCUT2D eigenvalue weighted by Crippen LogP contribution is -2.54. The highest BCUT2D eigenvalue weighted by molar-refractivity contribution is 5.70. The van der Waals surface area contributed by atoms with Crippen LogP contribution in [0, 0.1) is 5.92 Å². The molecule has 1 fully saturated rings. The third-order valence-corrected chi connectivity index (χ3v) is 2.75. The Kier molecular flexibility index (Phi) is 2.56. The zero-order valence-corrected chi connectivity index (χ0v) is 7.56. The molecule has 0 atom stereocenters. The third kappa shape index (κ3) is 1.98. The van der Waals surface area contributed by atoms with Crippen molar-refractivity contribution in [1.82, 2.24) is 0 Å². The molecular weight excluding hydrogens is 174 g/mol. The predicted molar refractivity (Wildman–Crippen MR) is 44.3 cm³/mol. The molecule has 2 N–H and O–H groups in total. The van der Waals surface area contributed by atoms with E-state index in [9.17, 15) is 9.59 Å². The Morgan fingerprint density at radius 3 is 2.00 bits per heavy atom. The van der Waals surface area contributed by atoms with Crippen LogP contribution in [0.4, 0.5) is 4.79 Å². The van der Waals surface area contributed by atoms with Gasteiger partial charge in [-0.05, 0) is 0 Å². The van der Waals surface area contributed by atoms with Crippen LogP contribution in [0.25, 0.3) is 0 Å². The van der Waals surface area contributed by atoms with E-state index in [4.69, 9.17) is 10.2 Å². The number of rotatable bonds is 1. The molecule has 0 unspecified atom stereocenters. The lowest BCUT2D eigenvalue weighted by Gasteiger charge is -2.33.